The van der Waals surface area contributed by atoms with Crippen LogP contribution in [0, 0.1) is 20.8 Å². The third-order valence-electron chi connectivity index (χ3n) is 5.30. The van der Waals surface area contributed by atoms with Gasteiger partial charge in [0.1, 0.15) is 0 Å². The standard InChI is InChI=1S/C26H30N2O3S/c1-18-14-19(2)16-24(15-18)28-32(30,31)25-17-23(13-10-20(25)3)26(29)27-21(4)11-12-22-8-6-5-7-9-22/h5-10,13-17,21,28H,11-12H2,1-4H3,(H,27,29)/t21-/m1/s1. The second-order valence-corrected chi connectivity index (χ2v) is 10.0. The summed E-state index contributed by atoms with van der Waals surface area (Å²) in [6.45, 7) is 7.51. The molecular weight excluding hydrogens is 420 g/mol. The molecule has 3 aromatic rings. The van der Waals surface area contributed by atoms with Crippen molar-refractivity contribution in [3.63, 3.8) is 0 Å². The molecule has 2 N–H and O–H groups in total. The van der Waals surface area contributed by atoms with Crippen molar-refractivity contribution in [2.75, 3.05) is 4.72 Å². The summed E-state index contributed by atoms with van der Waals surface area (Å²) in [5, 5.41) is 2.98. The van der Waals surface area contributed by atoms with E-state index in [0.29, 0.717) is 16.8 Å². The molecule has 0 unspecified atom stereocenters. The Labute approximate surface area is 190 Å². The highest BCUT2D eigenvalue weighted by molar-refractivity contribution is 7.92. The molecular formula is C26H30N2O3S. The highest BCUT2D eigenvalue weighted by atomic mass is 32.2. The maximum Gasteiger partial charge on any atom is 0.262 e. The zero-order chi connectivity index (χ0) is 23.3. The summed E-state index contributed by atoms with van der Waals surface area (Å²) in [6, 6.07) is 20.4. The van der Waals surface area contributed by atoms with Gasteiger partial charge in [0.15, 0.2) is 0 Å². The first-order chi connectivity index (χ1) is 15.1. The molecule has 1 amide bonds. The molecule has 0 bridgehead atoms. The van der Waals surface area contributed by atoms with Crippen LogP contribution in [-0.2, 0) is 16.4 Å². The van der Waals surface area contributed by atoms with Crippen LogP contribution in [-0.4, -0.2) is 20.4 Å². The number of hydrogen-bond donors (Lipinski definition) is 2. The second kappa shape index (κ2) is 10.0. The van der Waals surface area contributed by atoms with E-state index in [9.17, 15) is 13.2 Å². The van der Waals surface area contributed by atoms with Gasteiger partial charge >= 0.3 is 0 Å². The highest BCUT2D eigenvalue weighted by Gasteiger charge is 2.20. The maximum atomic E-state index is 13.1. The van der Waals surface area contributed by atoms with E-state index < -0.39 is 10.0 Å². The van der Waals surface area contributed by atoms with Crippen molar-refractivity contribution in [2.45, 2.75) is 51.5 Å². The molecule has 1 atom stereocenters. The number of rotatable bonds is 8. The molecule has 0 fully saturated rings. The molecule has 168 valence electrons. The third-order valence-corrected chi connectivity index (χ3v) is 6.82. The lowest BCUT2D eigenvalue weighted by molar-refractivity contribution is 0.0938. The van der Waals surface area contributed by atoms with Crippen LogP contribution in [0.15, 0.2) is 71.6 Å². The number of benzene rings is 3. The number of carbonyl (C=O) groups is 1. The summed E-state index contributed by atoms with van der Waals surface area (Å²) in [6.07, 6.45) is 1.65. The molecule has 0 aromatic heterocycles. The van der Waals surface area contributed by atoms with Gasteiger partial charge in [-0.2, -0.15) is 0 Å². The number of amides is 1. The van der Waals surface area contributed by atoms with E-state index in [-0.39, 0.29) is 16.8 Å². The van der Waals surface area contributed by atoms with Crippen LogP contribution >= 0.6 is 0 Å². The van der Waals surface area contributed by atoms with E-state index in [4.69, 9.17) is 0 Å². The van der Waals surface area contributed by atoms with Crippen LogP contribution in [0.4, 0.5) is 5.69 Å². The minimum atomic E-state index is -3.84. The molecule has 0 radical (unpaired) electrons. The van der Waals surface area contributed by atoms with Crippen molar-refractivity contribution in [3.8, 4) is 0 Å². The van der Waals surface area contributed by atoms with Gasteiger partial charge < -0.3 is 5.32 Å². The van der Waals surface area contributed by atoms with Crippen molar-refractivity contribution in [1.29, 1.82) is 0 Å². The molecule has 6 heteroatoms. The van der Waals surface area contributed by atoms with Crippen molar-refractivity contribution < 1.29 is 13.2 Å². The molecule has 0 aliphatic rings. The first-order valence-corrected chi connectivity index (χ1v) is 12.2. The lowest BCUT2D eigenvalue weighted by atomic mass is 10.1. The largest absolute Gasteiger partial charge is 0.350 e. The summed E-state index contributed by atoms with van der Waals surface area (Å²) in [5.74, 6) is -0.284. The topological polar surface area (TPSA) is 75.3 Å². The lowest BCUT2D eigenvalue weighted by Crippen LogP contribution is -2.33. The van der Waals surface area contributed by atoms with Gasteiger partial charge in [-0.05, 0) is 87.1 Å². The Morgan fingerprint density at radius 2 is 1.56 bits per heavy atom. The van der Waals surface area contributed by atoms with Gasteiger partial charge in [0.05, 0.1) is 4.90 Å². The van der Waals surface area contributed by atoms with Crippen LogP contribution in [0.25, 0.3) is 0 Å². The molecule has 0 saturated heterocycles. The number of carbonyl (C=O) groups excluding carboxylic acids is 1. The number of hydrogen-bond acceptors (Lipinski definition) is 3. The van der Waals surface area contributed by atoms with Crippen molar-refractivity contribution >= 4 is 21.6 Å². The Bertz CT molecular complexity index is 1180. The maximum absolute atomic E-state index is 13.1. The summed E-state index contributed by atoms with van der Waals surface area (Å²) in [5.41, 5.74) is 4.56. The number of anilines is 1. The Kier molecular flexibility index (Phi) is 7.36. The molecule has 0 aliphatic carbocycles. The monoisotopic (exact) mass is 450 g/mol. The fourth-order valence-electron chi connectivity index (χ4n) is 3.68. The molecule has 0 saturated carbocycles. The number of sulfonamides is 1. The number of aryl methyl sites for hydroxylation is 4. The van der Waals surface area contributed by atoms with E-state index in [1.54, 1.807) is 31.2 Å². The normalized spacial score (nSPS) is 12.2. The van der Waals surface area contributed by atoms with Crippen molar-refractivity contribution in [1.82, 2.24) is 5.32 Å². The van der Waals surface area contributed by atoms with Gasteiger partial charge in [-0.1, -0.05) is 42.5 Å². The molecule has 5 nitrogen and oxygen atoms in total. The summed E-state index contributed by atoms with van der Waals surface area (Å²) in [4.78, 5) is 12.9. The molecule has 3 aromatic carbocycles. The average molecular weight is 451 g/mol. The van der Waals surface area contributed by atoms with Gasteiger partial charge in [0.2, 0.25) is 0 Å². The summed E-state index contributed by atoms with van der Waals surface area (Å²) in [7, 11) is -3.84. The number of nitrogens with one attached hydrogen (secondary N) is 2. The van der Waals surface area contributed by atoms with Gasteiger partial charge in [-0.3, -0.25) is 9.52 Å². The second-order valence-electron chi connectivity index (χ2n) is 8.36. The van der Waals surface area contributed by atoms with Crippen LogP contribution in [0.2, 0.25) is 0 Å². The zero-order valence-corrected chi connectivity index (χ0v) is 19.8. The smallest absolute Gasteiger partial charge is 0.262 e. The Hall–Kier alpha value is -3.12. The lowest BCUT2D eigenvalue weighted by Gasteiger charge is -2.16. The van der Waals surface area contributed by atoms with Crippen molar-refractivity contribution in [2.24, 2.45) is 0 Å². The predicted molar refractivity (Wildman–Crippen MR) is 130 cm³/mol. The van der Waals surface area contributed by atoms with E-state index in [1.807, 2.05) is 45.0 Å². The molecule has 3 rings (SSSR count). The van der Waals surface area contributed by atoms with Crippen LogP contribution in [0.3, 0.4) is 0 Å². The Morgan fingerprint density at radius 3 is 2.22 bits per heavy atom. The first kappa shape index (κ1) is 23.5. The fourth-order valence-corrected chi connectivity index (χ4v) is 4.99. The minimum absolute atomic E-state index is 0.0440. The van der Waals surface area contributed by atoms with Crippen LogP contribution in [0.5, 0.6) is 0 Å². The molecule has 0 heterocycles. The molecule has 32 heavy (non-hydrogen) atoms. The van der Waals surface area contributed by atoms with Crippen LogP contribution < -0.4 is 10.0 Å². The van der Waals surface area contributed by atoms with Gasteiger partial charge in [0.25, 0.3) is 15.9 Å². The zero-order valence-electron chi connectivity index (χ0n) is 19.0. The Morgan fingerprint density at radius 1 is 0.906 bits per heavy atom. The Balaban J connectivity index is 1.73. The molecule has 0 aliphatic heterocycles. The third kappa shape index (κ3) is 6.20. The van der Waals surface area contributed by atoms with Gasteiger partial charge in [-0.25, -0.2) is 8.42 Å². The quantitative estimate of drug-likeness (QED) is 0.497. The van der Waals surface area contributed by atoms with E-state index in [0.717, 1.165) is 24.0 Å². The average Bonchev–Trinajstić information content (AvgIpc) is 2.72. The SMILES string of the molecule is Cc1cc(C)cc(NS(=O)(=O)c2cc(C(=O)N[C@H](C)CCc3ccccc3)ccc2C)c1. The highest BCUT2D eigenvalue weighted by Crippen LogP contribution is 2.22. The van der Waals surface area contributed by atoms with E-state index in [2.05, 4.69) is 22.2 Å². The first-order valence-electron chi connectivity index (χ1n) is 10.7. The van der Waals surface area contributed by atoms with Gasteiger partial charge in [0, 0.05) is 17.3 Å². The molecule has 0 spiro atoms. The van der Waals surface area contributed by atoms with Gasteiger partial charge in [-0.15, -0.1) is 0 Å². The van der Waals surface area contributed by atoms with Crippen molar-refractivity contribution in [3.05, 3.63) is 94.5 Å². The fraction of sp³-hybridized carbons (Fsp3) is 0.269. The van der Waals surface area contributed by atoms with E-state index in [1.165, 1.54) is 11.6 Å². The van der Waals surface area contributed by atoms with Crippen LogP contribution in [0.1, 0.15) is 46.0 Å². The van der Waals surface area contributed by atoms with E-state index >= 15 is 0 Å². The minimum Gasteiger partial charge on any atom is -0.350 e. The summed E-state index contributed by atoms with van der Waals surface area (Å²) >= 11 is 0. The predicted octanol–water partition coefficient (Wildman–Crippen LogP) is 5.16. The summed E-state index contributed by atoms with van der Waals surface area (Å²) < 4.78 is 28.8.